The Kier molecular flexibility index (Phi) is 13.6. The molecule has 0 saturated heterocycles. The molecule has 2 rings (SSSR count). The predicted octanol–water partition coefficient (Wildman–Crippen LogP) is 2.38. The Morgan fingerprint density at radius 2 is 1.76 bits per heavy atom. The van der Waals surface area contributed by atoms with E-state index >= 15 is 0 Å². The Hall–Kier alpha value is -2.22. The van der Waals surface area contributed by atoms with Crippen LogP contribution in [0.15, 0.2) is 66.5 Å². The summed E-state index contributed by atoms with van der Waals surface area (Å²) >= 11 is 0. The molecule has 0 aromatic heterocycles. The van der Waals surface area contributed by atoms with E-state index in [1.54, 1.807) is 18.3 Å². The Bertz CT molecular complexity index is 742. The number of amides is 1. The van der Waals surface area contributed by atoms with Crippen molar-refractivity contribution < 1.29 is 36.4 Å². The molecular weight excluding hydrogens is 542 g/mol. The molecule has 8 N–H and O–H groups in total. The number of benzene rings is 2. The molecule has 0 fully saturated rings. The van der Waals surface area contributed by atoms with Crippen molar-refractivity contribution in [3.8, 4) is 0 Å². The normalized spacial score (nSPS) is 11.4. The number of hydrazine groups is 1. The fourth-order valence-corrected chi connectivity index (χ4v) is 2.50. The number of rotatable bonds is 8. The van der Waals surface area contributed by atoms with Crippen LogP contribution in [0.2, 0.25) is 0 Å². The SMILES string of the molecule is Cc1ccc(C(=O)NC/C(N)=C/N(N)C(C[NH-])Cc2ccccc2)cc1.OO.[W]. The Balaban J connectivity index is 0.00000253. The van der Waals surface area contributed by atoms with Gasteiger partial charge in [-0.05, 0) is 31.0 Å². The van der Waals surface area contributed by atoms with E-state index < -0.39 is 0 Å². The number of nitrogens with two attached hydrogens (primary N) is 2. The van der Waals surface area contributed by atoms with Crippen molar-refractivity contribution in [3.63, 3.8) is 0 Å². The van der Waals surface area contributed by atoms with Crippen molar-refractivity contribution in [2.24, 2.45) is 11.6 Å². The van der Waals surface area contributed by atoms with Crippen LogP contribution in [0.25, 0.3) is 5.73 Å². The Morgan fingerprint density at radius 1 is 1.17 bits per heavy atom. The van der Waals surface area contributed by atoms with Gasteiger partial charge in [0.15, 0.2) is 0 Å². The van der Waals surface area contributed by atoms with E-state index in [-0.39, 0.29) is 46.1 Å². The first-order valence-corrected chi connectivity index (χ1v) is 8.72. The van der Waals surface area contributed by atoms with Crippen molar-refractivity contribution in [2.75, 3.05) is 13.1 Å². The summed E-state index contributed by atoms with van der Waals surface area (Å²) < 4.78 is 0. The van der Waals surface area contributed by atoms with Gasteiger partial charge >= 0.3 is 0 Å². The molecule has 0 spiro atoms. The van der Waals surface area contributed by atoms with E-state index in [1.165, 1.54) is 5.01 Å². The van der Waals surface area contributed by atoms with E-state index in [1.807, 2.05) is 49.4 Å². The molecule has 0 radical (unpaired) electrons. The van der Waals surface area contributed by atoms with Gasteiger partial charge in [0.2, 0.25) is 0 Å². The van der Waals surface area contributed by atoms with Crippen LogP contribution in [0.5, 0.6) is 0 Å². The number of aryl methyl sites for hydroxylation is 1. The van der Waals surface area contributed by atoms with Gasteiger partial charge in [-0.25, -0.2) is 5.84 Å². The first-order valence-electron chi connectivity index (χ1n) is 8.72. The van der Waals surface area contributed by atoms with Crippen LogP contribution in [0.4, 0.5) is 0 Å². The fourth-order valence-electron chi connectivity index (χ4n) is 2.50. The van der Waals surface area contributed by atoms with Crippen LogP contribution >= 0.6 is 0 Å². The summed E-state index contributed by atoms with van der Waals surface area (Å²) in [4.78, 5) is 12.1. The van der Waals surface area contributed by atoms with Gasteiger partial charge in [0.25, 0.3) is 5.91 Å². The molecule has 8 nitrogen and oxygen atoms in total. The summed E-state index contributed by atoms with van der Waals surface area (Å²) in [7, 11) is 0. The second kappa shape index (κ2) is 14.7. The molecule has 1 unspecified atom stereocenters. The smallest absolute Gasteiger partial charge is 0.251 e. The van der Waals surface area contributed by atoms with Gasteiger partial charge in [-0.3, -0.25) is 15.3 Å². The standard InChI is InChI=1S/C20H26N5O.H2O2.W/c1-15-7-9-17(10-8-15)20(26)24-13-18(22)14-25(23)19(12-21)11-16-5-3-2-4-6-16;1-2;/h2-10,14,19,21H,11-13,22-23H2,1H3,(H,24,26);1-2H;/q-1;;/b18-14-;;. The Morgan fingerprint density at radius 3 is 2.31 bits per heavy atom. The molecule has 0 heterocycles. The minimum absolute atomic E-state index is 0. The van der Waals surface area contributed by atoms with Crippen LogP contribution in [-0.4, -0.2) is 40.6 Å². The van der Waals surface area contributed by atoms with Gasteiger partial charge < -0.3 is 21.8 Å². The largest absolute Gasteiger partial charge is 0.676 e. The molecule has 0 aliphatic carbocycles. The average Bonchev–Trinajstić information content (AvgIpc) is 2.73. The van der Waals surface area contributed by atoms with Gasteiger partial charge in [0.1, 0.15) is 0 Å². The summed E-state index contributed by atoms with van der Waals surface area (Å²) in [6, 6.07) is 17.0. The summed E-state index contributed by atoms with van der Waals surface area (Å²) in [6.07, 6.45) is 2.23. The third-order valence-corrected chi connectivity index (χ3v) is 4.05. The molecule has 1 atom stereocenters. The van der Waals surface area contributed by atoms with Crippen LogP contribution in [0, 0.1) is 6.92 Å². The average molecular weight is 570 g/mol. The number of hydrogen-bond acceptors (Lipinski definition) is 6. The third kappa shape index (κ3) is 9.69. The third-order valence-electron chi connectivity index (χ3n) is 4.05. The van der Waals surface area contributed by atoms with Crippen molar-refractivity contribution in [1.29, 1.82) is 0 Å². The van der Waals surface area contributed by atoms with Gasteiger partial charge in [0, 0.05) is 44.6 Å². The second-order valence-electron chi connectivity index (χ2n) is 6.25. The van der Waals surface area contributed by atoms with E-state index in [0.29, 0.717) is 17.7 Å². The molecule has 2 aromatic rings. The van der Waals surface area contributed by atoms with Gasteiger partial charge in [-0.2, -0.15) is 0 Å². The maximum absolute atomic E-state index is 12.1. The molecule has 29 heavy (non-hydrogen) atoms. The van der Waals surface area contributed by atoms with Gasteiger partial charge in [0.05, 0.1) is 6.54 Å². The van der Waals surface area contributed by atoms with Crippen molar-refractivity contribution in [2.45, 2.75) is 19.4 Å². The molecule has 2 aromatic carbocycles. The molecule has 0 aliphatic heterocycles. The minimum Gasteiger partial charge on any atom is -0.676 e. The van der Waals surface area contributed by atoms with Crippen LogP contribution < -0.4 is 16.9 Å². The molecular formula is C20H28N5O3W-. The first kappa shape index (κ1) is 26.8. The second-order valence-corrected chi connectivity index (χ2v) is 6.25. The summed E-state index contributed by atoms with van der Waals surface area (Å²) in [5, 5.41) is 16.2. The summed E-state index contributed by atoms with van der Waals surface area (Å²) in [5.41, 5.74) is 16.9. The van der Waals surface area contributed by atoms with Crippen LogP contribution in [0.1, 0.15) is 21.5 Å². The molecule has 0 aliphatic rings. The Labute approximate surface area is 185 Å². The van der Waals surface area contributed by atoms with E-state index in [9.17, 15) is 4.79 Å². The van der Waals surface area contributed by atoms with E-state index in [4.69, 9.17) is 27.8 Å². The zero-order valence-electron chi connectivity index (χ0n) is 16.3. The number of carbonyl (C=O) groups excluding carboxylic acids is 1. The van der Waals surface area contributed by atoms with Crippen LogP contribution in [-0.2, 0) is 27.5 Å². The quantitative estimate of drug-likeness (QED) is 0.187. The molecule has 0 bridgehead atoms. The number of hydrogen-bond donors (Lipinski definition) is 5. The topological polar surface area (TPSA) is 149 Å². The molecule has 158 valence electrons. The number of nitrogens with zero attached hydrogens (tertiary/aromatic N) is 1. The van der Waals surface area contributed by atoms with Crippen molar-refractivity contribution in [3.05, 3.63) is 88.9 Å². The molecule has 1 amide bonds. The number of nitrogens with one attached hydrogen (secondary N) is 2. The van der Waals surface area contributed by atoms with E-state index in [2.05, 4.69) is 5.32 Å². The fraction of sp³-hybridized carbons (Fsp3) is 0.250. The maximum Gasteiger partial charge on any atom is 0.251 e. The van der Waals surface area contributed by atoms with E-state index in [0.717, 1.165) is 11.1 Å². The zero-order valence-corrected chi connectivity index (χ0v) is 19.2. The maximum atomic E-state index is 12.1. The zero-order chi connectivity index (χ0) is 20.9. The summed E-state index contributed by atoms with van der Waals surface area (Å²) in [5.74, 6) is 5.87. The minimum atomic E-state index is -0.191. The predicted molar refractivity (Wildman–Crippen MR) is 110 cm³/mol. The van der Waals surface area contributed by atoms with Crippen molar-refractivity contribution in [1.82, 2.24) is 10.3 Å². The van der Waals surface area contributed by atoms with Gasteiger partial charge in [-0.15, -0.1) is 6.54 Å². The van der Waals surface area contributed by atoms with Gasteiger partial charge in [-0.1, -0.05) is 48.0 Å². The van der Waals surface area contributed by atoms with Crippen LogP contribution in [0.3, 0.4) is 0 Å². The first-order chi connectivity index (χ1) is 13.5. The monoisotopic (exact) mass is 570 g/mol. The van der Waals surface area contributed by atoms with Crippen molar-refractivity contribution >= 4 is 5.91 Å². The number of carbonyl (C=O) groups is 1. The molecule has 9 heteroatoms. The summed E-state index contributed by atoms with van der Waals surface area (Å²) in [6.45, 7) is 2.30. The molecule has 0 saturated carbocycles.